The molecular formula is C18H18ClN2O6P. The van der Waals surface area contributed by atoms with Crippen molar-refractivity contribution in [3.63, 3.8) is 0 Å². The number of phosphoric acid groups is 1. The van der Waals surface area contributed by atoms with E-state index in [0.717, 1.165) is 5.57 Å². The summed E-state index contributed by atoms with van der Waals surface area (Å²) in [5, 5.41) is 0.540. The molecule has 10 heteroatoms. The maximum Gasteiger partial charge on any atom is 0.429 e. The quantitative estimate of drug-likeness (QED) is 0.597. The molecular weight excluding hydrogens is 407 g/mol. The summed E-state index contributed by atoms with van der Waals surface area (Å²) in [6.45, 7) is 1.80. The molecule has 2 atom stereocenters. The lowest BCUT2D eigenvalue weighted by atomic mass is 10.2. The van der Waals surface area contributed by atoms with Gasteiger partial charge in [0.15, 0.2) is 5.75 Å². The van der Waals surface area contributed by atoms with Crippen LogP contribution in [-0.2, 0) is 15.7 Å². The summed E-state index contributed by atoms with van der Waals surface area (Å²) in [6.07, 6.45) is 4.64. The summed E-state index contributed by atoms with van der Waals surface area (Å²) in [5.41, 5.74) is 1.22. The summed E-state index contributed by atoms with van der Waals surface area (Å²) >= 11 is 5.93. The zero-order chi connectivity index (χ0) is 19.9. The molecule has 4 rings (SSSR count). The highest BCUT2D eigenvalue weighted by Gasteiger charge is 2.40. The van der Waals surface area contributed by atoms with Crippen LogP contribution >= 0.6 is 19.8 Å². The first-order chi connectivity index (χ1) is 13.3. The number of aryl methyl sites for hydroxylation is 1. The number of phosphoric ester groups is 1. The van der Waals surface area contributed by atoms with E-state index in [1.807, 2.05) is 6.08 Å². The third kappa shape index (κ3) is 3.92. The Hall–Kier alpha value is -1.96. The third-order valence-electron chi connectivity index (χ3n) is 4.73. The van der Waals surface area contributed by atoms with Crippen molar-refractivity contribution in [2.24, 2.45) is 0 Å². The minimum absolute atomic E-state index is 0.0633. The third-order valence-corrected chi connectivity index (χ3v) is 6.28. The van der Waals surface area contributed by atoms with Crippen LogP contribution in [0.3, 0.4) is 0 Å². The van der Waals surface area contributed by atoms with Gasteiger partial charge in [-0.2, -0.15) is 9.05 Å². The van der Waals surface area contributed by atoms with Crippen molar-refractivity contribution in [1.82, 2.24) is 9.55 Å². The van der Waals surface area contributed by atoms with Gasteiger partial charge in [-0.05, 0) is 43.5 Å². The highest BCUT2D eigenvalue weighted by molar-refractivity contribution is 7.54. The van der Waals surface area contributed by atoms with E-state index in [0.29, 0.717) is 34.7 Å². The van der Waals surface area contributed by atoms with Crippen LogP contribution in [0.2, 0.25) is 5.02 Å². The molecule has 0 fully saturated rings. The maximum absolute atomic E-state index is 12.7. The van der Waals surface area contributed by atoms with Crippen molar-refractivity contribution >= 4 is 19.8 Å². The fourth-order valence-electron chi connectivity index (χ4n) is 3.23. The van der Waals surface area contributed by atoms with Crippen LogP contribution in [0.5, 0.6) is 5.75 Å². The highest BCUT2D eigenvalue weighted by Crippen LogP contribution is 2.58. The van der Waals surface area contributed by atoms with Gasteiger partial charge < -0.3 is 4.89 Å². The van der Waals surface area contributed by atoms with Gasteiger partial charge >= 0.3 is 13.9 Å². The van der Waals surface area contributed by atoms with Crippen molar-refractivity contribution in [2.45, 2.75) is 32.4 Å². The van der Waals surface area contributed by atoms with E-state index in [4.69, 9.17) is 25.2 Å². The average molecular weight is 425 g/mol. The maximum atomic E-state index is 12.7. The summed E-state index contributed by atoms with van der Waals surface area (Å²) in [6, 6.07) is 4.84. The molecule has 0 amide bonds. The number of fused-ring (bicyclic) bond motifs is 1. The Kier molecular flexibility index (Phi) is 5.16. The number of allylic oxidation sites excluding steroid dienone is 1. The topological polar surface area (TPSA) is 106 Å². The average Bonchev–Trinajstić information content (AvgIpc) is 3.12. The summed E-state index contributed by atoms with van der Waals surface area (Å²) in [5.74, 6) is 0.424. The van der Waals surface area contributed by atoms with Gasteiger partial charge in [0, 0.05) is 28.4 Å². The van der Waals surface area contributed by atoms with Crippen molar-refractivity contribution in [3.8, 4) is 5.75 Å². The van der Waals surface area contributed by atoms with Crippen LogP contribution in [-0.4, -0.2) is 16.2 Å². The van der Waals surface area contributed by atoms with Crippen molar-refractivity contribution in [3.05, 3.63) is 73.0 Å². The van der Waals surface area contributed by atoms with Crippen LogP contribution in [0.15, 0.2) is 45.6 Å². The number of nitrogens with zero attached hydrogens (tertiary/aromatic N) is 1. The van der Waals surface area contributed by atoms with Crippen molar-refractivity contribution in [1.29, 1.82) is 0 Å². The molecule has 1 aromatic carbocycles. The van der Waals surface area contributed by atoms with E-state index in [9.17, 15) is 14.5 Å². The number of halogens is 1. The van der Waals surface area contributed by atoms with Gasteiger partial charge in [-0.25, -0.2) is 4.79 Å². The number of hydrogen-bond donors (Lipinski definition) is 1. The number of aromatic amines is 1. The number of H-pyrrole nitrogens is 1. The molecule has 148 valence electrons. The van der Waals surface area contributed by atoms with E-state index in [1.165, 1.54) is 4.57 Å². The predicted molar refractivity (Wildman–Crippen MR) is 102 cm³/mol. The van der Waals surface area contributed by atoms with Crippen LogP contribution in [0, 0.1) is 6.92 Å². The van der Waals surface area contributed by atoms with Crippen molar-refractivity contribution < 1.29 is 18.5 Å². The normalized spacial score (nSPS) is 23.8. The fourth-order valence-corrected chi connectivity index (χ4v) is 4.64. The first kappa shape index (κ1) is 19.4. The lowest BCUT2D eigenvalue weighted by Crippen LogP contribution is -2.32. The second kappa shape index (κ2) is 7.46. The molecule has 1 N–H and O–H groups in total. The van der Waals surface area contributed by atoms with Crippen LogP contribution in [0.4, 0.5) is 0 Å². The Balaban J connectivity index is 1.39. The van der Waals surface area contributed by atoms with Gasteiger partial charge in [0.1, 0.15) is 13.2 Å². The lowest BCUT2D eigenvalue weighted by Gasteiger charge is -2.29. The van der Waals surface area contributed by atoms with Crippen molar-refractivity contribution in [2.75, 3.05) is 6.61 Å². The Morgan fingerprint density at radius 1 is 1.43 bits per heavy atom. The van der Waals surface area contributed by atoms with Crippen LogP contribution < -0.4 is 20.7 Å². The molecule has 1 aliphatic carbocycles. The van der Waals surface area contributed by atoms with E-state index in [-0.39, 0.29) is 24.8 Å². The van der Waals surface area contributed by atoms with E-state index in [1.54, 1.807) is 31.3 Å². The van der Waals surface area contributed by atoms with Crippen LogP contribution in [0.25, 0.3) is 0 Å². The molecule has 8 nitrogen and oxygen atoms in total. The molecule has 0 radical (unpaired) electrons. The fraction of sp³-hybridized carbons (Fsp3) is 0.333. The first-order valence-corrected chi connectivity index (χ1v) is 10.5. The molecule has 0 spiro atoms. The number of hydrogen-bond acceptors (Lipinski definition) is 6. The molecule has 0 saturated carbocycles. The summed E-state index contributed by atoms with van der Waals surface area (Å²) < 4.78 is 17.7. The minimum Gasteiger partial charge on any atom is -0.598 e. The van der Waals surface area contributed by atoms with E-state index >= 15 is 0 Å². The zero-order valence-corrected chi connectivity index (χ0v) is 16.7. The second-order valence-corrected chi connectivity index (χ2v) is 8.80. The molecule has 0 saturated heterocycles. The molecule has 2 heterocycles. The SMILES string of the molecule is Cc1cn([C@H]2CC=C(CO[P+]3([O-])OCc4cc(Cl)ccc4O3)C2)c(=O)[nH]c1=O. The second-order valence-electron chi connectivity index (χ2n) is 6.77. The predicted octanol–water partition coefficient (Wildman–Crippen LogP) is 2.42. The number of aromatic nitrogens is 2. The lowest BCUT2D eigenvalue weighted by molar-refractivity contribution is -0.242. The first-order valence-electron chi connectivity index (χ1n) is 8.70. The molecule has 1 aliphatic heterocycles. The summed E-state index contributed by atoms with van der Waals surface area (Å²) in [4.78, 5) is 38.6. The van der Waals surface area contributed by atoms with E-state index in [2.05, 4.69) is 4.98 Å². The monoisotopic (exact) mass is 424 g/mol. The van der Waals surface area contributed by atoms with Gasteiger partial charge in [-0.15, -0.1) is 0 Å². The summed E-state index contributed by atoms with van der Waals surface area (Å²) in [7, 11) is -3.73. The largest absolute Gasteiger partial charge is 0.598 e. The number of benzene rings is 1. The molecule has 2 aromatic rings. The van der Waals surface area contributed by atoms with Gasteiger partial charge in [0.25, 0.3) is 5.56 Å². The van der Waals surface area contributed by atoms with Gasteiger partial charge in [-0.1, -0.05) is 17.7 Å². The standard InChI is InChI=1S/C18H18ClN2O6P/c1-11-8-21(18(23)20-17(11)22)15-4-2-12(6-15)9-25-28(24)26-10-13-7-14(19)3-5-16(13)27-28/h2-3,5,7-8,15H,4,6,9-10H2,1H3,(H,20,22,23)/t15-,28?/m0/s1. The minimum atomic E-state index is -3.73. The van der Waals surface area contributed by atoms with Gasteiger partial charge in [0.2, 0.25) is 0 Å². The molecule has 1 aromatic heterocycles. The van der Waals surface area contributed by atoms with Crippen LogP contribution in [0.1, 0.15) is 30.0 Å². The molecule has 28 heavy (non-hydrogen) atoms. The Morgan fingerprint density at radius 3 is 3.07 bits per heavy atom. The highest BCUT2D eigenvalue weighted by atomic mass is 35.5. The molecule has 2 aliphatic rings. The number of nitrogens with one attached hydrogen (secondary N) is 1. The molecule has 1 unspecified atom stereocenters. The van der Waals surface area contributed by atoms with E-state index < -0.39 is 13.9 Å². The number of rotatable bonds is 4. The Morgan fingerprint density at radius 2 is 2.25 bits per heavy atom. The Labute approximate surface area is 166 Å². The van der Waals surface area contributed by atoms with Gasteiger partial charge in [-0.3, -0.25) is 18.9 Å². The zero-order valence-electron chi connectivity index (χ0n) is 15.0. The smallest absolute Gasteiger partial charge is 0.429 e. The molecule has 0 bridgehead atoms. The Bertz CT molecular complexity index is 1060. The van der Waals surface area contributed by atoms with Gasteiger partial charge in [0.05, 0.1) is 0 Å².